The second kappa shape index (κ2) is 5.60. The first-order valence-corrected chi connectivity index (χ1v) is 7.69. The van der Waals surface area contributed by atoms with Gasteiger partial charge in [-0.1, -0.05) is 49.3 Å². The van der Waals surface area contributed by atoms with Crippen LogP contribution in [0.25, 0.3) is 0 Å². The van der Waals surface area contributed by atoms with Crippen molar-refractivity contribution >= 4 is 0 Å². The molecular weight excluding hydrogens is 262 g/mol. The highest BCUT2D eigenvalue weighted by Gasteiger charge is 2.30. The molecule has 0 bridgehead atoms. The molecule has 0 aliphatic heterocycles. The van der Waals surface area contributed by atoms with Gasteiger partial charge in [0.05, 0.1) is 0 Å². The zero-order chi connectivity index (χ0) is 14.9. The van der Waals surface area contributed by atoms with E-state index in [1.165, 1.54) is 12.8 Å². The Morgan fingerprint density at radius 3 is 2.52 bits per heavy atom. The number of hydrogen-bond acceptors (Lipinski definition) is 4. The second-order valence-corrected chi connectivity index (χ2v) is 6.82. The predicted molar refractivity (Wildman–Crippen MR) is 81.8 cm³/mol. The summed E-state index contributed by atoms with van der Waals surface area (Å²) in [6.07, 6.45) is 4.69. The Kier molecular flexibility index (Phi) is 3.81. The summed E-state index contributed by atoms with van der Waals surface area (Å²) in [6.45, 7) is 4.66. The molecule has 21 heavy (non-hydrogen) atoms. The van der Waals surface area contributed by atoms with Crippen LogP contribution in [0.2, 0.25) is 0 Å². The highest BCUT2D eigenvalue weighted by atomic mass is 16.5. The molecule has 1 saturated carbocycles. The molecule has 3 rings (SSSR count). The molecule has 1 aliphatic rings. The van der Waals surface area contributed by atoms with Gasteiger partial charge in [-0.3, -0.25) is 0 Å². The van der Waals surface area contributed by atoms with Gasteiger partial charge in [0.25, 0.3) is 0 Å². The first-order valence-electron chi connectivity index (χ1n) is 7.69. The number of benzene rings is 1. The Morgan fingerprint density at radius 2 is 1.86 bits per heavy atom. The molecule has 4 nitrogen and oxygen atoms in total. The van der Waals surface area contributed by atoms with Crippen LogP contribution in [-0.4, -0.2) is 10.1 Å². The van der Waals surface area contributed by atoms with E-state index in [9.17, 15) is 0 Å². The van der Waals surface area contributed by atoms with Crippen LogP contribution in [0.15, 0.2) is 34.9 Å². The smallest absolute Gasteiger partial charge is 0.248 e. The molecule has 0 unspecified atom stereocenters. The highest BCUT2D eigenvalue weighted by Crippen LogP contribution is 2.41. The van der Waals surface area contributed by atoms with E-state index in [1.54, 1.807) is 0 Å². The van der Waals surface area contributed by atoms with Gasteiger partial charge in [0.2, 0.25) is 5.89 Å². The summed E-state index contributed by atoms with van der Waals surface area (Å²) in [5.74, 6) is 1.76. The van der Waals surface area contributed by atoms with Gasteiger partial charge in [-0.2, -0.15) is 4.98 Å². The van der Waals surface area contributed by atoms with Gasteiger partial charge >= 0.3 is 0 Å². The Morgan fingerprint density at radius 1 is 1.19 bits per heavy atom. The first-order chi connectivity index (χ1) is 10.1. The third-order valence-corrected chi connectivity index (χ3v) is 4.59. The molecule has 0 saturated heterocycles. The van der Waals surface area contributed by atoms with Gasteiger partial charge in [-0.15, -0.1) is 0 Å². The van der Waals surface area contributed by atoms with E-state index in [4.69, 9.17) is 10.3 Å². The molecule has 2 N–H and O–H groups in total. The lowest BCUT2D eigenvalue weighted by Crippen LogP contribution is -2.21. The van der Waals surface area contributed by atoms with Crippen molar-refractivity contribution in [3.63, 3.8) is 0 Å². The molecule has 0 radical (unpaired) electrons. The molecule has 1 aliphatic carbocycles. The number of rotatable bonds is 3. The largest absolute Gasteiger partial charge is 0.337 e. The van der Waals surface area contributed by atoms with Gasteiger partial charge < -0.3 is 10.3 Å². The maximum Gasteiger partial charge on any atom is 0.248 e. The predicted octanol–water partition coefficient (Wildman–Crippen LogP) is 3.80. The summed E-state index contributed by atoms with van der Waals surface area (Å²) in [6, 6.07) is 9.53. The lowest BCUT2D eigenvalue weighted by atomic mass is 9.73. The average molecular weight is 285 g/mol. The number of nitrogens with two attached hydrogens (primary N) is 1. The fraction of sp³-hybridized carbons (Fsp3) is 0.529. The summed E-state index contributed by atoms with van der Waals surface area (Å²) in [7, 11) is 0. The second-order valence-electron chi connectivity index (χ2n) is 6.82. The lowest BCUT2D eigenvalue weighted by Gasteiger charge is -2.32. The third kappa shape index (κ3) is 3.16. The SMILES string of the molecule is CC1(C)CCC(c2noc([C@H](N)c3ccccc3)n2)CC1. The van der Waals surface area contributed by atoms with E-state index >= 15 is 0 Å². The molecule has 1 aromatic heterocycles. The van der Waals surface area contributed by atoms with Crippen LogP contribution < -0.4 is 5.73 Å². The Hall–Kier alpha value is -1.68. The van der Waals surface area contributed by atoms with Crippen molar-refractivity contribution in [2.75, 3.05) is 0 Å². The van der Waals surface area contributed by atoms with Gasteiger partial charge in [0.15, 0.2) is 5.82 Å². The first kappa shape index (κ1) is 14.3. The Balaban J connectivity index is 1.72. The molecule has 4 heteroatoms. The molecule has 1 aromatic carbocycles. The van der Waals surface area contributed by atoms with Crippen molar-refractivity contribution in [2.24, 2.45) is 11.1 Å². The topological polar surface area (TPSA) is 64.9 Å². The molecular formula is C17H23N3O. The Bertz CT molecular complexity index is 581. The van der Waals surface area contributed by atoms with Crippen LogP contribution in [0.4, 0.5) is 0 Å². The third-order valence-electron chi connectivity index (χ3n) is 4.59. The lowest BCUT2D eigenvalue weighted by molar-refractivity contribution is 0.218. The monoisotopic (exact) mass is 285 g/mol. The van der Waals surface area contributed by atoms with E-state index in [0.29, 0.717) is 17.2 Å². The van der Waals surface area contributed by atoms with E-state index < -0.39 is 0 Å². The fourth-order valence-electron chi connectivity index (χ4n) is 3.00. The van der Waals surface area contributed by atoms with Gasteiger partial charge in [0.1, 0.15) is 6.04 Å². The molecule has 0 amide bonds. The zero-order valence-electron chi connectivity index (χ0n) is 12.7. The van der Waals surface area contributed by atoms with E-state index in [2.05, 4.69) is 24.0 Å². The highest BCUT2D eigenvalue weighted by molar-refractivity contribution is 5.23. The van der Waals surface area contributed by atoms with Crippen molar-refractivity contribution in [2.45, 2.75) is 51.5 Å². The van der Waals surface area contributed by atoms with E-state index in [1.807, 2.05) is 30.3 Å². The maximum absolute atomic E-state index is 6.21. The number of nitrogens with zero attached hydrogens (tertiary/aromatic N) is 2. The zero-order valence-corrected chi connectivity index (χ0v) is 12.7. The minimum Gasteiger partial charge on any atom is -0.337 e. The minimum absolute atomic E-state index is 0.340. The van der Waals surface area contributed by atoms with Crippen LogP contribution in [-0.2, 0) is 0 Å². The molecule has 2 aromatic rings. The summed E-state index contributed by atoms with van der Waals surface area (Å²) in [5, 5.41) is 4.17. The van der Waals surface area contributed by atoms with Crippen molar-refractivity contribution in [3.05, 3.63) is 47.6 Å². The van der Waals surface area contributed by atoms with Crippen LogP contribution >= 0.6 is 0 Å². The van der Waals surface area contributed by atoms with Crippen LogP contribution in [0.5, 0.6) is 0 Å². The summed E-state index contributed by atoms with van der Waals surface area (Å²) in [5.41, 5.74) is 7.65. The summed E-state index contributed by atoms with van der Waals surface area (Å²) >= 11 is 0. The van der Waals surface area contributed by atoms with Gasteiger partial charge in [-0.25, -0.2) is 0 Å². The van der Waals surface area contributed by atoms with Crippen LogP contribution in [0.3, 0.4) is 0 Å². The maximum atomic E-state index is 6.21. The van der Waals surface area contributed by atoms with Gasteiger partial charge in [-0.05, 0) is 36.7 Å². The molecule has 1 atom stereocenters. The summed E-state index contributed by atoms with van der Waals surface area (Å²) in [4.78, 5) is 4.56. The normalized spacial score (nSPS) is 20.3. The average Bonchev–Trinajstić information content (AvgIpc) is 2.97. The Labute approximate surface area is 125 Å². The van der Waals surface area contributed by atoms with Gasteiger partial charge in [0, 0.05) is 5.92 Å². The van der Waals surface area contributed by atoms with Crippen LogP contribution in [0.1, 0.15) is 68.8 Å². The molecule has 1 fully saturated rings. The minimum atomic E-state index is -0.340. The molecule has 1 heterocycles. The van der Waals surface area contributed by atoms with Crippen molar-refractivity contribution in [3.8, 4) is 0 Å². The quantitative estimate of drug-likeness (QED) is 0.931. The molecule has 112 valence electrons. The van der Waals surface area contributed by atoms with E-state index in [0.717, 1.165) is 24.2 Å². The molecule has 0 spiro atoms. The van der Waals surface area contributed by atoms with Crippen LogP contribution in [0, 0.1) is 5.41 Å². The van der Waals surface area contributed by atoms with Crippen molar-refractivity contribution < 1.29 is 4.52 Å². The number of hydrogen-bond donors (Lipinski definition) is 1. The van der Waals surface area contributed by atoms with Crippen molar-refractivity contribution in [1.82, 2.24) is 10.1 Å². The number of aromatic nitrogens is 2. The standard InChI is InChI=1S/C17H23N3O/c1-17(2)10-8-13(9-11-17)15-19-16(21-20-15)14(18)12-6-4-3-5-7-12/h3-7,13-14H,8-11,18H2,1-2H3/t14-/m1/s1. The summed E-state index contributed by atoms with van der Waals surface area (Å²) < 4.78 is 5.40. The van der Waals surface area contributed by atoms with Crippen molar-refractivity contribution in [1.29, 1.82) is 0 Å². The van der Waals surface area contributed by atoms with E-state index in [-0.39, 0.29) is 6.04 Å². The fourth-order valence-corrected chi connectivity index (χ4v) is 3.00.